The minimum Gasteiger partial charge on any atom is -0.497 e. The molecule has 2 aromatic carbocycles. The third-order valence-electron chi connectivity index (χ3n) is 10.9. The molecular formula is C40H49N5O6S. The van der Waals surface area contributed by atoms with Crippen molar-refractivity contribution in [3.8, 4) is 17.0 Å². The Hall–Kier alpha value is -4.42. The number of nitrogens with one attached hydrogen (secondary N) is 1. The van der Waals surface area contributed by atoms with E-state index in [-0.39, 0.29) is 23.7 Å². The maximum atomic E-state index is 14.4. The van der Waals surface area contributed by atoms with Crippen molar-refractivity contribution < 1.29 is 27.5 Å². The number of morpholine rings is 1. The number of fused-ring (bicyclic) bond motifs is 5. The van der Waals surface area contributed by atoms with E-state index >= 15 is 0 Å². The van der Waals surface area contributed by atoms with Gasteiger partial charge in [-0.15, -0.1) is 0 Å². The summed E-state index contributed by atoms with van der Waals surface area (Å²) >= 11 is 0. The van der Waals surface area contributed by atoms with E-state index in [2.05, 4.69) is 21.4 Å². The highest BCUT2D eigenvalue weighted by Crippen LogP contribution is 2.48. The maximum absolute atomic E-state index is 14.4. The predicted molar refractivity (Wildman–Crippen MR) is 203 cm³/mol. The second-order valence-corrected chi connectivity index (χ2v) is 17.2. The van der Waals surface area contributed by atoms with E-state index in [0.717, 1.165) is 70.4 Å². The summed E-state index contributed by atoms with van der Waals surface area (Å²) in [6, 6.07) is 11.7. The van der Waals surface area contributed by atoms with Gasteiger partial charge in [-0.3, -0.25) is 14.3 Å². The van der Waals surface area contributed by atoms with Crippen molar-refractivity contribution in [2.45, 2.75) is 96.6 Å². The molecule has 52 heavy (non-hydrogen) atoms. The Balaban J connectivity index is 1.46. The number of carbonyl (C=O) groups is 2. The SMILES string of the molecule is COc1ccc2c(c1)C=C(c1c(C(=O)N3C[C@@H](C)O[C@@H](C)C3)c(C)nn1C)Cn1c-2c(C2CCCCC2)c2ccc(C(=O)NS(=O)(=O)C(C)C)cc21. The fourth-order valence-corrected chi connectivity index (χ4v) is 9.03. The van der Waals surface area contributed by atoms with Crippen LogP contribution < -0.4 is 9.46 Å². The first-order valence-electron chi connectivity index (χ1n) is 18.4. The first kappa shape index (κ1) is 36.0. The van der Waals surface area contributed by atoms with Crippen LogP contribution >= 0.6 is 0 Å². The molecule has 1 saturated carbocycles. The van der Waals surface area contributed by atoms with Gasteiger partial charge in [-0.2, -0.15) is 5.10 Å². The zero-order chi connectivity index (χ0) is 37.1. The van der Waals surface area contributed by atoms with Crippen molar-refractivity contribution in [1.29, 1.82) is 0 Å². The molecule has 2 amide bonds. The lowest BCUT2D eigenvalue weighted by atomic mass is 9.81. The van der Waals surface area contributed by atoms with Gasteiger partial charge in [-0.1, -0.05) is 25.3 Å². The highest BCUT2D eigenvalue weighted by atomic mass is 32.2. The number of carbonyl (C=O) groups excluding carboxylic acids is 2. The molecule has 276 valence electrons. The molecule has 2 fully saturated rings. The van der Waals surface area contributed by atoms with E-state index in [1.165, 1.54) is 12.0 Å². The van der Waals surface area contributed by atoms with E-state index in [9.17, 15) is 18.0 Å². The molecule has 2 aromatic heterocycles. The molecule has 12 heteroatoms. The van der Waals surface area contributed by atoms with Gasteiger partial charge in [0.1, 0.15) is 5.75 Å². The van der Waals surface area contributed by atoms with E-state index in [0.29, 0.717) is 36.8 Å². The minimum atomic E-state index is -3.84. The lowest BCUT2D eigenvalue weighted by Gasteiger charge is -2.35. The fourth-order valence-electron chi connectivity index (χ4n) is 8.42. The van der Waals surface area contributed by atoms with Crippen LogP contribution in [0.25, 0.3) is 33.8 Å². The van der Waals surface area contributed by atoms with Gasteiger partial charge in [0.15, 0.2) is 0 Å². The van der Waals surface area contributed by atoms with Crippen LogP contribution in [0.1, 0.15) is 109 Å². The molecule has 11 nitrogen and oxygen atoms in total. The third kappa shape index (κ3) is 6.44. The Labute approximate surface area is 306 Å². The average molecular weight is 728 g/mol. The lowest BCUT2D eigenvalue weighted by Crippen LogP contribution is -2.48. The summed E-state index contributed by atoms with van der Waals surface area (Å²) in [5.74, 6) is 0.289. The van der Waals surface area contributed by atoms with Gasteiger partial charge in [0.25, 0.3) is 11.8 Å². The normalized spacial score (nSPS) is 19.6. The number of hydrogen-bond acceptors (Lipinski definition) is 7. The first-order valence-corrected chi connectivity index (χ1v) is 19.9. The summed E-state index contributed by atoms with van der Waals surface area (Å²) in [7, 11) is -0.303. The summed E-state index contributed by atoms with van der Waals surface area (Å²) in [5.41, 5.74) is 8.23. The number of aromatic nitrogens is 3. The van der Waals surface area contributed by atoms with Crippen molar-refractivity contribution in [3.63, 3.8) is 0 Å². The molecule has 0 spiro atoms. The topological polar surface area (TPSA) is 125 Å². The first-order chi connectivity index (χ1) is 24.8. The van der Waals surface area contributed by atoms with Gasteiger partial charge >= 0.3 is 0 Å². The quantitative estimate of drug-likeness (QED) is 0.225. The van der Waals surface area contributed by atoms with Gasteiger partial charge in [0.2, 0.25) is 10.0 Å². The standard InChI is InChI=1S/C40H49N5O6S/c1-23(2)52(48,49)42-39(46)28-13-15-33-34(19-28)45-22-30(37-35(26(5)41-43(37)6)40(47)44-20-24(3)51-25(4)21-44)17-29-18-31(50-7)14-16-32(29)38(45)36(33)27-11-9-8-10-12-27/h13-19,23-25,27H,8-12,20-22H2,1-7H3,(H,42,46)/t24-,25+. The Morgan fingerprint density at radius 2 is 1.71 bits per heavy atom. The summed E-state index contributed by atoms with van der Waals surface area (Å²) in [5, 5.41) is 5.08. The molecule has 2 atom stereocenters. The number of ether oxygens (including phenoxy) is 2. The summed E-state index contributed by atoms with van der Waals surface area (Å²) in [6.45, 7) is 10.3. The number of nitrogens with zero attached hydrogens (tertiary/aromatic N) is 4. The van der Waals surface area contributed by atoms with Gasteiger partial charge < -0.3 is 18.9 Å². The summed E-state index contributed by atoms with van der Waals surface area (Å²) in [4.78, 5) is 29.8. The van der Waals surface area contributed by atoms with Crippen LogP contribution in [0.2, 0.25) is 0 Å². The zero-order valence-electron chi connectivity index (χ0n) is 31.2. The molecule has 2 aliphatic heterocycles. The van der Waals surface area contributed by atoms with Crippen molar-refractivity contribution in [2.75, 3.05) is 20.2 Å². The number of aryl methyl sites for hydroxylation is 2. The molecule has 4 heterocycles. The average Bonchev–Trinajstić information content (AvgIpc) is 3.52. The van der Waals surface area contributed by atoms with Gasteiger partial charge in [-0.25, -0.2) is 13.1 Å². The number of sulfonamides is 1. The molecule has 3 aliphatic rings. The van der Waals surface area contributed by atoms with E-state index < -0.39 is 21.2 Å². The van der Waals surface area contributed by atoms with E-state index in [4.69, 9.17) is 14.6 Å². The summed E-state index contributed by atoms with van der Waals surface area (Å²) in [6.07, 6.45) is 7.58. The van der Waals surface area contributed by atoms with Crippen molar-refractivity contribution in [1.82, 2.24) is 24.0 Å². The Morgan fingerprint density at radius 3 is 2.38 bits per heavy atom. The Morgan fingerprint density at radius 1 is 1.00 bits per heavy atom. The number of benzene rings is 2. The number of hydrogen-bond donors (Lipinski definition) is 1. The minimum absolute atomic E-state index is 0.0792. The second kappa shape index (κ2) is 13.9. The number of rotatable bonds is 7. The van der Waals surface area contributed by atoms with E-state index in [1.807, 2.05) is 57.0 Å². The molecule has 1 N–H and O–H groups in total. The predicted octanol–water partition coefficient (Wildman–Crippen LogP) is 6.68. The lowest BCUT2D eigenvalue weighted by molar-refractivity contribution is -0.0586. The molecule has 0 unspecified atom stereocenters. The molecular weight excluding hydrogens is 679 g/mol. The van der Waals surface area contributed by atoms with Crippen molar-refractivity contribution >= 4 is 44.4 Å². The molecule has 0 radical (unpaired) electrons. The van der Waals surface area contributed by atoms with Crippen molar-refractivity contribution in [2.24, 2.45) is 7.05 Å². The number of methoxy groups -OCH3 is 1. The van der Waals surface area contributed by atoms with Gasteiger partial charge in [-0.05, 0) is 106 Å². The van der Waals surface area contributed by atoms with Crippen LogP contribution in [0, 0.1) is 6.92 Å². The third-order valence-corrected chi connectivity index (χ3v) is 12.6. The van der Waals surface area contributed by atoms with Crippen LogP contribution in [0.3, 0.4) is 0 Å². The molecule has 0 bridgehead atoms. The molecule has 1 aliphatic carbocycles. The highest BCUT2D eigenvalue weighted by molar-refractivity contribution is 7.90. The Kier molecular flexibility index (Phi) is 9.58. The number of amides is 2. The Bertz CT molecular complexity index is 2200. The summed E-state index contributed by atoms with van der Waals surface area (Å²) < 4.78 is 43.5. The maximum Gasteiger partial charge on any atom is 0.264 e. The smallest absolute Gasteiger partial charge is 0.264 e. The monoisotopic (exact) mass is 727 g/mol. The largest absolute Gasteiger partial charge is 0.497 e. The van der Waals surface area contributed by atoms with Crippen LogP contribution in [0.4, 0.5) is 0 Å². The van der Waals surface area contributed by atoms with Crippen LogP contribution in [-0.4, -0.2) is 77.1 Å². The highest BCUT2D eigenvalue weighted by Gasteiger charge is 2.35. The molecule has 4 aromatic rings. The van der Waals surface area contributed by atoms with Gasteiger partial charge in [0, 0.05) is 42.2 Å². The van der Waals surface area contributed by atoms with Crippen molar-refractivity contribution in [3.05, 3.63) is 70.0 Å². The number of allylic oxidation sites excluding steroid dienone is 1. The van der Waals surface area contributed by atoms with Crippen LogP contribution in [0.5, 0.6) is 5.75 Å². The van der Waals surface area contributed by atoms with E-state index in [1.54, 1.807) is 31.7 Å². The molecule has 1 saturated heterocycles. The van der Waals surface area contributed by atoms with Crippen LogP contribution in [-0.2, 0) is 28.4 Å². The fraction of sp³-hybridized carbons (Fsp3) is 0.475. The second-order valence-electron chi connectivity index (χ2n) is 15.0. The van der Waals surface area contributed by atoms with Gasteiger partial charge in [0.05, 0.1) is 53.8 Å². The molecule has 7 rings (SSSR count). The zero-order valence-corrected chi connectivity index (χ0v) is 32.0. The van der Waals surface area contributed by atoms with Crippen LogP contribution in [0.15, 0.2) is 36.4 Å².